The largest absolute Gasteiger partial charge is 0.376 e. The van der Waals surface area contributed by atoms with Gasteiger partial charge in [0.1, 0.15) is 0 Å². The first-order valence-corrected chi connectivity index (χ1v) is 13.5. The molecule has 0 spiro atoms. The molecule has 1 amide bonds. The Labute approximate surface area is 225 Å². The van der Waals surface area contributed by atoms with Crippen LogP contribution < -0.4 is 10.6 Å². The van der Waals surface area contributed by atoms with Crippen molar-refractivity contribution in [2.45, 2.75) is 46.1 Å². The number of piperazine rings is 1. The number of amides is 1. The quantitative estimate of drug-likeness (QED) is 0.467. The van der Waals surface area contributed by atoms with Crippen LogP contribution in [0.1, 0.15) is 55.6 Å². The van der Waals surface area contributed by atoms with Gasteiger partial charge in [0.05, 0.1) is 12.1 Å². The molecule has 38 heavy (non-hydrogen) atoms. The van der Waals surface area contributed by atoms with Gasteiger partial charge in [-0.2, -0.15) is 4.39 Å². The number of hydrogen-bond donors (Lipinski definition) is 2. The standard InChI is InChI=1S/C28H34FN5O2.C2H6/c1-3-33-13-15-34(16-14-33)20-21-6-7-24(17-25(21)27(29)36)32-26(35)19-31-23-8-10-28(2,11-9-23)22-5-4-12-30-18-22;1-2/h4-10,12,17-18,31H,3,11,13-16,19-20H2,1-2H3,(H,32,35);1-2H3. The molecule has 0 radical (unpaired) electrons. The minimum atomic E-state index is -1.49. The lowest BCUT2D eigenvalue weighted by atomic mass is 9.77. The fourth-order valence-electron chi connectivity index (χ4n) is 4.64. The van der Waals surface area contributed by atoms with Crippen molar-refractivity contribution in [3.8, 4) is 0 Å². The molecule has 1 aromatic carbocycles. The fraction of sp³-hybridized carbons (Fsp3) is 0.433. The van der Waals surface area contributed by atoms with E-state index in [9.17, 15) is 14.0 Å². The van der Waals surface area contributed by atoms with Crippen molar-refractivity contribution < 1.29 is 14.0 Å². The molecule has 2 N–H and O–H groups in total. The van der Waals surface area contributed by atoms with Gasteiger partial charge >= 0.3 is 6.04 Å². The van der Waals surface area contributed by atoms with Crippen molar-refractivity contribution in [1.29, 1.82) is 0 Å². The Kier molecular flexibility index (Phi) is 10.7. The van der Waals surface area contributed by atoms with Gasteiger partial charge in [-0.25, -0.2) is 0 Å². The lowest BCUT2D eigenvalue weighted by molar-refractivity contribution is -0.115. The molecule has 1 fully saturated rings. The van der Waals surface area contributed by atoms with Crippen molar-refractivity contribution in [3.05, 3.63) is 83.3 Å². The Morgan fingerprint density at radius 3 is 2.45 bits per heavy atom. The maximum atomic E-state index is 13.8. The van der Waals surface area contributed by atoms with E-state index >= 15 is 0 Å². The molecule has 0 saturated carbocycles. The summed E-state index contributed by atoms with van der Waals surface area (Å²) in [6.07, 6.45) is 10.6. The van der Waals surface area contributed by atoms with Gasteiger partial charge in [-0.05, 0) is 48.4 Å². The average molecular weight is 522 g/mol. The van der Waals surface area contributed by atoms with Crippen molar-refractivity contribution in [2.24, 2.45) is 0 Å². The third-order valence-corrected chi connectivity index (χ3v) is 7.06. The van der Waals surface area contributed by atoms with E-state index in [2.05, 4.69) is 57.5 Å². The maximum absolute atomic E-state index is 13.8. The SMILES string of the molecule is CC.CCN1CCN(Cc2ccc(NC(=O)CNC3=CCC(C)(c4cccnc4)C=C3)cc2C(=O)F)CC1. The third kappa shape index (κ3) is 7.82. The molecule has 1 aliphatic heterocycles. The minimum Gasteiger partial charge on any atom is -0.376 e. The van der Waals surface area contributed by atoms with E-state index in [0.29, 0.717) is 17.8 Å². The molecule has 2 heterocycles. The summed E-state index contributed by atoms with van der Waals surface area (Å²) in [6.45, 7) is 13.6. The monoisotopic (exact) mass is 521 g/mol. The van der Waals surface area contributed by atoms with Crippen molar-refractivity contribution >= 4 is 17.6 Å². The number of rotatable bonds is 9. The summed E-state index contributed by atoms with van der Waals surface area (Å²) >= 11 is 0. The number of pyridine rings is 1. The smallest absolute Gasteiger partial charge is 0.332 e. The zero-order valence-corrected chi connectivity index (χ0v) is 23.0. The molecular weight excluding hydrogens is 481 g/mol. The number of carbonyl (C=O) groups excluding carboxylic acids is 2. The first kappa shape index (κ1) is 29.2. The Balaban J connectivity index is 0.00000195. The van der Waals surface area contributed by atoms with Gasteiger partial charge in [0, 0.05) is 61.9 Å². The minimum absolute atomic E-state index is 0.00582. The molecule has 8 heteroatoms. The van der Waals surface area contributed by atoms with Gasteiger partial charge in [0.25, 0.3) is 0 Å². The predicted octanol–water partition coefficient (Wildman–Crippen LogP) is 4.68. The number of nitrogens with one attached hydrogen (secondary N) is 2. The molecule has 1 unspecified atom stereocenters. The van der Waals surface area contributed by atoms with E-state index in [1.54, 1.807) is 18.3 Å². The molecule has 2 aromatic rings. The summed E-state index contributed by atoms with van der Waals surface area (Å²) in [6, 6.07) is 7.38. The van der Waals surface area contributed by atoms with Crippen LogP contribution in [0.5, 0.6) is 0 Å². The molecule has 2 aliphatic rings. The van der Waals surface area contributed by atoms with Crippen LogP contribution in [0.4, 0.5) is 10.1 Å². The normalized spacial score (nSPS) is 19.7. The number of allylic oxidation sites excluding steroid dienone is 3. The van der Waals surface area contributed by atoms with Gasteiger partial charge in [-0.15, -0.1) is 0 Å². The molecule has 1 aromatic heterocycles. The second-order valence-corrected chi connectivity index (χ2v) is 9.61. The van der Waals surface area contributed by atoms with E-state index in [-0.39, 0.29) is 23.4 Å². The fourth-order valence-corrected chi connectivity index (χ4v) is 4.64. The summed E-state index contributed by atoms with van der Waals surface area (Å²) in [4.78, 5) is 33.0. The maximum Gasteiger partial charge on any atom is 0.332 e. The summed E-state index contributed by atoms with van der Waals surface area (Å²) in [5, 5.41) is 5.90. The number of likely N-dealkylation sites (N-methyl/N-ethyl adjacent to an activating group) is 1. The Bertz CT molecular complexity index is 1140. The Hall–Kier alpha value is -3.36. The van der Waals surface area contributed by atoms with E-state index in [4.69, 9.17) is 0 Å². The highest BCUT2D eigenvalue weighted by Gasteiger charge is 2.25. The molecule has 1 atom stereocenters. The third-order valence-electron chi connectivity index (χ3n) is 7.06. The predicted molar refractivity (Wildman–Crippen MR) is 151 cm³/mol. The lowest BCUT2D eigenvalue weighted by Crippen LogP contribution is -2.45. The highest BCUT2D eigenvalue weighted by molar-refractivity contribution is 5.96. The van der Waals surface area contributed by atoms with Crippen LogP contribution in [0, 0.1) is 0 Å². The zero-order chi connectivity index (χ0) is 27.5. The van der Waals surface area contributed by atoms with Crippen LogP contribution in [0.2, 0.25) is 0 Å². The van der Waals surface area contributed by atoms with Crippen molar-refractivity contribution in [3.63, 3.8) is 0 Å². The van der Waals surface area contributed by atoms with Crippen LogP contribution in [0.25, 0.3) is 0 Å². The van der Waals surface area contributed by atoms with E-state index < -0.39 is 6.04 Å². The van der Waals surface area contributed by atoms with Gasteiger partial charge in [-0.3, -0.25) is 19.5 Å². The highest BCUT2D eigenvalue weighted by atomic mass is 19.1. The van der Waals surface area contributed by atoms with Gasteiger partial charge in [-0.1, -0.05) is 52.0 Å². The van der Waals surface area contributed by atoms with Crippen LogP contribution in [0.3, 0.4) is 0 Å². The van der Waals surface area contributed by atoms with Crippen LogP contribution in [-0.2, 0) is 16.8 Å². The van der Waals surface area contributed by atoms with Crippen LogP contribution >= 0.6 is 0 Å². The molecule has 204 valence electrons. The number of nitrogens with zero attached hydrogens (tertiary/aromatic N) is 3. The van der Waals surface area contributed by atoms with E-state index in [1.165, 1.54) is 6.07 Å². The topological polar surface area (TPSA) is 77.6 Å². The number of anilines is 1. The second kappa shape index (κ2) is 14.0. The highest BCUT2D eigenvalue weighted by Crippen LogP contribution is 2.32. The lowest BCUT2D eigenvalue weighted by Gasteiger charge is -2.34. The molecular formula is C30H40FN5O2. The number of carbonyl (C=O) groups is 2. The first-order chi connectivity index (χ1) is 18.4. The van der Waals surface area contributed by atoms with Crippen LogP contribution in [0.15, 0.2) is 66.7 Å². The number of benzene rings is 1. The Morgan fingerprint density at radius 2 is 1.84 bits per heavy atom. The number of hydrogen-bond acceptors (Lipinski definition) is 6. The molecule has 1 saturated heterocycles. The summed E-state index contributed by atoms with van der Waals surface area (Å²) in [5.74, 6) is -0.273. The summed E-state index contributed by atoms with van der Waals surface area (Å²) in [7, 11) is 0. The average Bonchev–Trinajstić information content (AvgIpc) is 2.95. The van der Waals surface area contributed by atoms with Crippen molar-refractivity contribution in [2.75, 3.05) is 44.6 Å². The molecule has 7 nitrogen and oxygen atoms in total. The van der Waals surface area contributed by atoms with Crippen molar-refractivity contribution in [1.82, 2.24) is 20.1 Å². The van der Waals surface area contributed by atoms with E-state index in [1.807, 2.05) is 32.2 Å². The number of aromatic nitrogens is 1. The molecule has 1 aliphatic carbocycles. The molecule has 4 rings (SSSR count). The van der Waals surface area contributed by atoms with Crippen LogP contribution in [-0.4, -0.2) is 66.0 Å². The number of halogens is 1. The Morgan fingerprint density at radius 1 is 1.11 bits per heavy atom. The zero-order valence-electron chi connectivity index (χ0n) is 23.0. The summed E-state index contributed by atoms with van der Waals surface area (Å²) in [5.41, 5.74) is 2.91. The first-order valence-electron chi connectivity index (χ1n) is 13.5. The van der Waals surface area contributed by atoms with Gasteiger partial charge in [0.2, 0.25) is 5.91 Å². The van der Waals surface area contributed by atoms with Gasteiger partial charge in [0.15, 0.2) is 0 Å². The second-order valence-electron chi connectivity index (χ2n) is 9.61. The molecule has 0 bridgehead atoms. The summed E-state index contributed by atoms with van der Waals surface area (Å²) < 4.78 is 13.8. The van der Waals surface area contributed by atoms with E-state index in [0.717, 1.165) is 50.4 Å². The van der Waals surface area contributed by atoms with Gasteiger partial charge < -0.3 is 15.5 Å².